The SMILES string of the molecule is CCN(CCOCCOCCOCCOCCn1cc[n+](C)c1)c1cccc(C)c1. The molecule has 0 spiro atoms. The molecule has 0 atom stereocenters. The number of benzene rings is 1. The summed E-state index contributed by atoms with van der Waals surface area (Å²) in [6.07, 6.45) is 6.08. The topological polar surface area (TPSA) is 49.0 Å². The highest BCUT2D eigenvalue weighted by molar-refractivity contribution is 5.48. The first kappa shape index (κ1) is 24.3. The van der Waals surface area contributed by atoms with Gasteiger partial charge >= 0.3 is 0 Å². The van der Waals surface area contributed by atoms with Gasteiger partial charge in [0.1, 0.15) is 18.9 Å². The van der Waals surface area contributed by atoms with Gasteiger partial charge < -0.3 is 23.8 Å². The Bertz CT molecular complexity index is 693. The van der Waals surface area contributed by atoms with Crippen LogP contribution in [0.2, 0.25) is 0 Å². The van der Waals surface area contributed by atoms with E-state index in [4.69, 9.17) is 18.9 Å². The van der Waals surface area contributed by atoms with Crippen LogP contribution in [-0.2, 0) is 32.5 Å². The summed E-state index contributed by atoms with van der Waals surface area (Å²) in [4.78, 5) is 2.32. The first-order valence-electron chi connectivity index (χ1n) is 10.8. The van der Waals surface area contributed by atoms with Gasteiger partial charge in [0.2, 0.25) is 6.33 Å². The molecule has 2 aromatic rings. The van der Waals surface area contributed by atoms with Gasteiger partial charge in [-0.1, -0.05) is 12.1 Å². The Morgan fingerprint density at radius 3 is 2.10 bits per heavy atom. The summed E-state index contributed by atoms with van der Waals surface area (Å²) in [5.41, 5.74) is 2.53. The molecule has 0 aliphatic carbocycles. The predicted octanol–water partition coefficient (Wildman–Crippen LogP) is 2.21. The highest BCUT2D eigenvalue weighted by atomic mass is 16.6. The van der Waals surface area contributed by atoms with Crippen molar-refractivity contribution >= 4 is 5.69 Å². The predicted molar refractivity (Wildman–Crippen MR) is 118 cm³/mol. The van der Waals surface area contributed by atoms with Gasteiger partial charge in [-0.2, -0.15) is 0 Å². The molecule has 0 saturated heterocycles. The largest absolute Gasteiger partial charge is 0.377 e. The summed E-state index contributed by atoms with van der Waals surface area (Å²) in [6, 6.07) is 8.57. The third-order valence-electron chi connectivity index (χ3n) is 4.69. The normalized spacial score (nSPS) is 11.2. The molecule has 0 radical (unpaired) electrons. The average Bonchev–Trinajstić information content (AvgIpc) is 3.16. The van der Waals surface area contributed by atoms with Gasteiger partial charge in [0, 0.05) is 18.8 Å². The number of nitrogens with zero attached hydrogens (tertiary/aromatic N) is 3. The lowest BCUT2D eigenvalue weighted by Gasteiger charge is -2.23. The molecule has 168 valence electrons. The fourth-order valence-electron chi connectivity index (χ4n) is 3.03. The van der Waals surface area contributed by atoms with Crippen molar-refractivity contribution in [1.29, 1.82) is 0 Å². The van der Waals surface area contributed by atoms with Crippen LogP contribution in [0.5, 0.6) is 0 Å². The van der Waals surface area contributed by atoms with Gasteiger partial charge in [-0.25, -0.2) is 9.13 Å². The Kier molecular flexibility index (Phi) is 12.1. The zero-order valence-electron chi connectivity index (χ0n) is 18.8. The van der Waals surface area contributed by atoms with E-state index in [1.54, 1.807) is 0 Å². The first-order valence-corrected chi connectivity index (χ1v) is 10.8. The van der Waals surface area contributed by atoms with Crippen LogP contribution in [0.15, 0.2) is 43.0 Å². The Labute approximate surface area is 181 Å². The number of ether oxygens (including phenoxy) is 4. The summed E-state index contributed by atoms with van der Waals surface area (Å²) in [5, 5.41) is 0. The highest BCUT2D eigenvalue weighted by Crippen LogP contribution is 2.15. The maximum atomic E-state index is 5.70. The number of hydrogen-bond acceptors (Lipinski definition) is 5. The lowest BCUT2D eigenvalue weighted by Crippen LogP contribution is -2.27. The second-order valence-corrected chi connectivity index (χ2v) is 7.19. The quantitative estimate of drug-likeness (QED) is 0.290. The number of imidazole rings is 1. The van der Waals surface area contributed by atoms with E-state index >= 15 is 0 Å². The van der Waals surface area contributed by atoms with Gasteiger partial charge in [0.25, 0.3) is 0 Å². The van der Waals surface area contributed by atoms with Crippen molar-refractivity contribution in [2.45, 2.75) is 20.4 Å². The molecule has 1 aromatic carbocycles. The number of likely N-dealkylation sites (N-methyl/N-ethyl adjacent to an activating group) is 1. The van der Waals surface area contributed by atoms with Crippen LogP contribution in [0, 0.1) is 6.92 Å². The van der Waals surface area contributed by atoms with E-state index in [9.17, 15) is 0 Å². The maximum absolute atomic E-state index is 5.70. The lowest BCUT2D eigenvalue weighted by atomic mass is 10.2. The third-order valence-corrected chi connectivity index (χ3v) is 4.69. The molecule has 7 heteroatoms. The van der Waals surface area contributed by atoms with Crippen molar-refractivity contribution in [3.8, 4) is 0 Å². The molecule has 2 rings (SSSR count). The van der Waals surface area contributed by atoms with Crippen LogP contribution in [0.1, 0.15) is 12.5 Å². The van der Waals surface area contributed by atoms with Crippen LogP contribution in [0.25, 0.3) is 0 Å². The molecule has 30 heavy (non-hydrogen) atoms. The zero-order valence-corrected chi connectivity index (χ0v) is 18.8. The molecule has 0 bridgehead atoms. The fraction of sp³-hybridized carbons (Fsp3) is 0.609. The van der Waals surface area contributed by atoms with Gasteiger partial charge in [-0.05, 0) is 31.5 Å². The minimum atomic E-state index is 0.577. The van der Waals surface area contributed by atoms with Crippen LogP contribution in [-0.4, -0.2) is 70.5 Å². The van der Waals surface area contributed by atoms with Gasteiger partial charge in [-0.15, -0.1) is 0 Å². The molecule has 0 aliphatic heterocycles. The van der Waals surface area contributed by atoms with E-state index in [0.717, 1.165) is 19.6 Å². The van der Waals surface area contributed by atoms with Gasteiger partial charge in [-0.3, -0.25) is 0 Å². The van der Waals surface area contributed by atoms with Crippen molar-refractivity contribution in [1.82, 2.24) is 4.57 Å². The Hall–Kier alpha value is -1.93. The Morgan fingerprint density at radius 2 is 1.53 bits per heavy atom. The lowest BCUT2D eigenvalue weighted by molar-refractivity contribution is -0.671. The standard InChI is InChI=1S/C23H38N3O4/c1-4-26(23-7-5-6-22(2)20-23)11-13-28-15-17-30-19-18-29-16-14-27-12-10-25-9-8-24(3)21-25/h5-9,20-21H,4,10-19H2,1-3H3/q+1. The molecular weight excluding hydrogens is 382 g/mol. The van der Waals surface area contributed by atoms with Crippen molar-refractivity contribution in [3.63, 3.8) is 0 Å². The number of anilines is 1. The summed E-state index contributed by atoms with van der Waals surface area (Å²) in [6.45, 7) is 11.9. The van der Waals surface area contributed by atoms with Crippen LogP contribution in [0.3, 0.4) is 0 Å². The van der Waals surface area contributed by atoms with Crippen LogP contribution >= 0.6 is 0 Å². The summed E-state index contributed by atoms with van der Waals surface area (Å²) in [5.74, 6) is 0. The molecule has 0 amide bonds. The van der Waals surface area contributed by atoms with Crippen LogP contribution in [0.4, 0.5) is 5.69 Å². The third kappa shape index (κ3) is 10.2. The minimum absolute atomic E-state index is 0.577. The maximum Gasteiger partial charge on any atom is 0.243 e. The van der Waals surface area contributed by atoms with Crippen LogP contribution < -0.4 is 9.47 Å². The molecule has 1 heterocycles. The number of rotatable bonds is 17. The summed E-state index contributed by atoms with van der Waals surface area (Å²) in [7, 11) is 2.01. The molecular formula is C23H38N3O4+. The zero-order chi connectivity index (χ0) is 21.4. The van der Waals surface area contributed by atoms with E-state index in [2.05, 4.69) is 47.6 Å². The molecule has 1 aromatic heterocycles. The van der Waals surface area contributed by atoms with Gasteiger partial charge in [0.05, 0.1) is 59.9 Å². The van der Waals surface area contributed by atoms with E-state index in [1.165, 1.54) is 11.3 Å². The van der Waals surface area contributed by atoms with Crippen molar-refractivity contribution in [2.24, 2.45) is 7.05 Å². The van der Waals surface area contributed by atoms with E-state index in [-0.39, 0.29) is 0 Å². The Morgan fingerprint density at radius 1 is 0.900 bits per heavy atom. The van der Waals surface area contributed by atoms with Crippen molar-refractivity contribution < 1.29 is 23.5 Å². The molecule has 0 fully saturated rings. The molecule has 0 aliphatic rings. The van der Waals surface area contributed by atoms with E-state index in [0.29, 0.717) is 52.9 Å². The molecule has 0 N–H and O–H groups in total. The summed E-state index contributed by atoms with van der Waals surface area (Å²) >= 11 is 0. The van der Waals surface area contributed by atoms with Crippen molar-refractivity contribution in [3.05, 3.63) is 48.5 Å². The first-order chi connectivity index (χ1) is 14.7. The average molecular weight is 421 g/mol. The van der Waals surface area contributed by atoms with E-state index in [1.807, 2.05) is 30.3 Å². The number of aryl methyl sites for hydroxylation is 2. The second kappa shape index (κ2) is 15.0. The van der Waals surface area contributed by atoms with Gasteiger partial charge in [0.15, 0.2) is 0 Å². The highest BCUT2D eigenvalue weighted by Gasteiger charge is 2.04. The molecule has 7 nitrogen and oxygen atoms in total. The number of aromatic nitrogens is 2. The second-order valence-electron chi connectivity index (χ2n) is 7.19. The molecule has 0 unspecified atom stereocenters. The fourth-order valence-corrected chi connectivity index (χ4v) is 3.03. The smallest absolute Gasteiger partial charge is 0.243 e. The summed E-state index contributed by atoms with van der Waals surface area (Å²) < 4.78 is 26.4. The Balaban J connectivity index is 1.35. The molecule has 0 saturated carbocycles. The monoisotopic (exact) mass is 420 g/mol. The van der Waals surface area contributed by atoms with Crippen molar-refractivity contribution in [2.75, 3.05) is 70.8 Å². The number of hydrogen-bond donors (Lipinski definition) is 0. The minimum Gasteiger partial charge on any atom is -0.377 e. The van der Waals surface area contributed by atoms with E-state index < -0.39 is 0 Å².